The van der Waals surface area contributed by atoms with Gasteiger partial charge in [-0.1, -0.05) is 23.2 Å². The highest BCUT2D eigenvalue weighted by atomic mass is 35.5. The van der Waals surface area contributed by atoms with Crippen LogP contribution < -0.4 is 4.74 Å². The summed E-state index contributed by atoms with van der Waals surface area (Å²) in [5.41, 5.74) is 0.740. The minimum atomic E-state index is -0.303. The van der Waals surface area contributed by atoms with Crippen LogP contribution in [0.4, 0.5) is 0 Å². The minimum Gasteiger partial charge on any atom is -0.492 e. The van der Waals surface area contributed by atoms with E-state index in [-0.39, 0.29) is 6.04 Å². The Labute approximate surface area is 99.6 Å². The minimum absolute atomic E-state index is 0.303. The van der Waals surface area contributed by atoms with Crippen LogP contribution in [-0.4, -0.2) is 6.61 Å². The zero-order valence-electron chi connectivity index (χ0n) is 8.55. The molecule has 0 aromatic heterocycles. The fraction of sp³-hybridized carbons (Fsp3) is 0.364. The molecule has 0 bridgehead atoms. The summed E-state index contributed by atoms with van der Waals surface area (Å²) in [6, 6.07) is 3.04. The summed E-state index contributed by atoms with van der Waals surface area (Å²) < 4.78 is 5.41. The Balaban J connectivity index is 3.27. The van der Waals surface area contributed by atoms with E-state index in [4.69, 9.17) is 34.5 Å². The first-order chi connectivity index (χ1) is 7.10. The van der Waals surface area contributed by atoms with Gasteiger partial charge in [0.05, 0.1) is 17.2 Å². The molecule has 1 aromatic carbocycles. The van der Waals surface area contributed by atoms with Gasteiger partial charge in [-0.05, 0) is 19.1 Å². The predicted octanol–water partition coefficient (Wildman–Crippen LogP) is 4.37. The molecule has 0 amide bonds. The van der Waals surface area contributed by atoms with Gasteiger partial charge in [-0.25, -0.2) is 6.57 Å². The van der Waals surface area contributed by atoms with Gasteiger partial charge in [-0.3, -0.25) is 0 Å². The second-order valence-corrected chi connectivity index (χ2v) is 3.89. The molecule has 1 aromatic rings. The third-order valence-corrected chi connectivity index (χ3v) is 2.47. The van der Waals surface area contributed by atoms with Crippen molar-refractivity contribution >= 4 is 23.2 Å². The van der Waals surface area contributed by atoms with Gasteiger partial charge >= 0.3 is 0 Å². The van der Waals surface area contributed by atoms with Crippen LogP contribution in [0, 0.1) is 6.57 Å². The average Bonchev–Trinajstić information content (AvgIpc) is 2.20. The number of hydrogen-bond donors (Lipinski definition) is 0. The van der Waals surface area contributed by atoms with Crippen LogP contribution in [0.5, 0.6) is 5.75 Å². The van der Waals surface area contributed by atoms with Gasteiger partial charge in [0.25, 0.3) is 0 Å². The van der Waals surface area contributed by atoms with Crippen molar-refractivity contribution in [3.8, 4) is 5.75 Å². The maximum absolute atomic E-state index is 7.00. The largest absolute Gasteiger partial charge is 0.492 e. The molecule has 0 N–H and O–H groups in total. The smallest absolute Gasteiger partial charge is 0.249 e. The van der Waals surface area contributed by atoms with Crippen LogP contribution in [0.3, 0.4) is 0 Å². The third-order valence-electron chi connectivity index (χ3n) is 1.97. The number of ether oxygens (including phenoxy) is 1. The van der Waals surface area contributed by atoms with Crippen LogP contribution in [0.25, 0.3) is 4.85 Å². The van der Waals surface area contributed by atoms with E-state index in [0.717, 1.165) is 5.56 Å². The number of benzene rings is 1. The summed E-state index contributed by atoms with van der Waals surface area (Å²) in [6.45, 7) is 11.2. The molecular formula is C11H11Cl2NO. The summed E-state index contributed by atoms with van der Waals surface area (Å²) in [6.07, 6.45) is 0. The van der Waals surface area contributed by atoms with Crippen molar-refractivity contribution in [1.82, 2.24) is 0 Å². The molecule has 1 rings (SSSR count). The molecule has 0 heterocycles. The zero-order valence-corrected chi connectivity index (χ0v) is 10.1. The number of rotatable bonds is 3. The maximum Gasteiger partial charge on any atom is 0.249 e. The Morgan fingerprint density at radius 3 is 2.67 bits per heavy atom. The third kappa shape index (κ3) is 2.77. The molecule has 80 valence electrons. The average molecular weight is 244 g/mol. The van der Waals surface area contributed by atoms with Crippen LogP contribution in [0.2, 0.25) is 10.0 Å². The highest BCUT2D eigenvalue weighted by molar-refractivity contribution is 6.35. The molecule has 0 aliphatic heterocycles. The molecule has 0 radical (unpaired) electrons. The van der Waals surface area contributed by atoms with E-state index in [9.17, 15) is 0 Å². The van der Waals surface area contributed by atoms with E-state index in [2.05, 4.69) is 4.85 Å². The van der Waals surface area contributed by atoms with Crippen molar-refractivity contribution in [3.63, 3.8) is 0 Å². The number of nitrogens with zero attached hydrogens (tertiary/aromatic N) is 1. The van der Waals surface area contributed by atoms with Crippen LogP contribution >= 0.6 is 23.2 Å². The normalized spacial score (nSPS) is 11.9. The van der Waals surface area contributed by atoms with Gasteiger partial charge in [0.2, 0.25) is 6.04 Å². The molecule has 0 fully saturated rings. The lowest BCUT2D eigenvalue weighted by Crippen LogP contribution is -1.99. The van der Waals surface area contributed by atoms with Crippen molar-refractivity contribution in [3.05, 3.63) is 39.2 Å². The molecule has 0 spiro atoms. The first kappa shape index (κ1) is 12.2. The standard InChI is InChI=1S/C11H11Cl2NO/c1-4-15-11-9(7(2)14-3)5-8(12)6-10(11)13/h5-7H,4H2,1-2H3. The summed E-state index contributed by atoms with van der Waals surface area (Å²) in [5.74, 6) is 0.562. The Morgan fingerprint density at radius 1 is 1.47 bits per heavy atom. The number of hydrogen-bond acceptors (Lipinski definition) is 1. The first-order valence-electron chi connectivity index (χ1n) is 4.58. The predicted molar refractivity (Wildman–Crippen MR) is 62.6 cm³/mol. The van der Waals surface area contributed by atoms with Crippen LogP contribution in [-0.2, 0) is 0 Å². The highest BCUT2D eigenvalue weighted by Crippen LogP contribution is 2.37. The van der Waals surface area contributed by atoms with Gasteiger partial charge in [0, 0.05) is 11.9 Å². The summed E-state index contributed by atoms with van der Waals surface area (Å²) in [4.78, 5) is 3.44. The molecule has 0 saturated carbocycles. The zero-order chi connectivity index (χ0) is 11.4. The van der Waals surface area contributed by atoms with Crippen LogP contribution in [0.1, 0.15) is 25.5 Å². The van der Waals surface area contributed by atoms with Crippen molar-refractivity contribution in [2.45, 2.75) is 19.9 Å². The second kappa shape index (κ2) is 5.25. The lowest BCUT2D eigenvalue weighted by molar-refractivity contribution is 0.336. The first-order valence-corrected chi connectivity index (χ1v) is 5.34. The van der Waals surface area contributed by atoms with Gasteiger partial charge < -0.3 is 9.58 Å². The SMILES string of the molecule is [C-]#[N+]C(C)c1cc(Cl)cc(Cl)c1OCC. The van der Waals surface area contributed by atoms with Gasteiger partial charge in [-0.15, -0.1) is 0 Å². The summed E-state index contributed by atoms with van der Waals surface area (Å²) >= 11 is 11.9. The molecule has 2 nitrogen and oxygen atoms in total. The lowest BCUT2D eigenvalue weighted by atomic mass is 10.1. The Hall–Kier alpha value is -0.910. The van der Waals surface area contributed by atoms with Crippen molar-refractivity contribution < 1.29 is 4.74 Å². The van der Waals surface area contributed by atoms with Gasteiger partial charge in [0.15, 0.2) is 0 Å². The summed E-state index contributed by atoms with van der Waals surface area (Å²) in [5, 5.41) is 0.976. The number of halogens is 2. The quantitative estimate of drug-likeness (QED) is 0.719. The Bertz CT molecular complexity index is 398. The van der Waals surface area contributed by atoms with Crippen molar-refractivity contribution in [2.24, 2.45) is 0 Å². The summed E-state index contributed by atoms with van der Waals surface area (Å²) in [7, 11) is 0. The lowest BCUT2D eigenvalue weighted by Gasteiger charge is -2.11. The van der Waals surface area contributed by atoms with Gasteiger partial charge in [0.1, 0.15) is 5.75 Å². The van der Waals surface area contributed by atoms with Gasteiger partial charge in [-0.2, -0.15) is 0 Å². The molecule has 1 unspecified atom stereocenters. The molecular weight excluding hydrogens is 233 g/mol. The Morgan fingerprint density at radius 2 is 2.13 bits per heavy atom. The van der Waals surface area contributed by atoms with E-state index in [1.807, 2.05) is 6.92 Å². The van der Waals surface area contributed by atoms with Crippen molar-refractivity contribution in [1.29, 1.82) is 0 Å². The topological polar surface area (TPSA) is 13.6 Å². The van der Waals surface area contributed by atoms with Crippen LogP contribution in [0.15, 0.2) is 12.1 Å². The highest BCUT2D eigenvalue weighted by Gasteiger charge is 2.19. The molecule has 1 atom stereocenters. The fourth-order valence-electron chi connectivity index (χ4n) is 1.26. The molecule has 0 aliphatic carbocycles. The fourth-order valence-corrected chi connectivity index (χ4v) is 1.82. The van der Waals surface area contributed by atoms with E-state index in [1.54, 1.807) is 19.1 Å². The van der Waals surface area contributed by atoms with E-state index in [1.165, 1.54) is 0 Å². The monoisotopic (exact) mass is 243 g/mol. The Kier molecular flexibility index (Phi) is 4.26. The molecule has 4 heteroatoms. The van der Waals surface area contributed by atoms with E-state index < -0.39 is 0 Å². The molecule has 0 saturated heterocycles. The molecule has 0 aliphatic rings. The van der Waals surface area contributed by atoms with Crippen molar-refractivity contribution in [2.75, 3.05) is 6.61 Å². The second-order valence-electron chi connectivity index (χ2n) is 3.04. The van der Waals surface area contributed by atoms with E-state index >= 15 is 0 Å². The maximum atomic E-state index is 7.00. The molecule has 15 heavy (non-hydrogen) atoms. The van der Waals surface area contributed by atoms with E-state index in [0.29, 0.717) is 22.4 Å².